The molecule has 4 heteroatoms. The van der Waals surface area contributed by atoms with Crippen molar-refractivity contribution in [3.63, 3.8) is 0 Å². The third-order valence-corrected chi connectivity index (χ3v) is 3.58. The molecule has 3 nitrogen and oxygen atoms in total. The van der Waals surface area contributed by atoms with Crippen LogP contribution in [0.3, 0.4) is 0 Å². The fourth-order valence-corrected chi connectivity index (χ4v) is 2.47. The summed E-state index contributed by atoms with van der Waals surface area (Å²) in [6.07, 6.45) is 3.68. The Balaban J connectivity index is 2.58. The van der Waals surface area contributed by atoms with Gasteiger partial charge in [0.2, 0.25) is 0 Å². The quantitative estimate of drug-likeness (QED) is 0.870. The number of aryl methyl sites for hydroxylation is 2. The molecule has 16 heavy (non-hydrogen) atoms. The maximum absolute atomic E-state index is 9.49. The highest BCUT2D eigenvalue weighted by molar-refractivity contribution is 7.17. The number of nitrogens with zero attached hydrogens (tertiary/aromatic N) is 2. The molecular weight excluding hydrogens is 220 g/mol. The van der Waals surface area contributed by atoms with Gasteiger partial charge in [-0.1, -0.05) is 0 Å². The number of aliphatic hydroxyl groups is 1. The molecule has 2 aromatic rings. The van der Waals surface area contributed by atoms with Gasteiger partial charge in [0.1, 0.15) is 0 Å². The van der Waals surface area contributed by atoms with Gasteiger partial charge in [0.15, 0.2) is 4.96 Å². The molecule has 0 aromatic carbocycles. The van der Waals surface area contributed by atoms with Crippen molar-refractivity contribution in [1.82, 2.24) is 9.38 Å². The molecular formula is C12H16N2OS. The largest absolute Gasteiger partial charge is 0.389 e. The van der Waals surface area contributed by atoms with E-state index in [-0.39, 0.29) is 0 Å². The molecule has 1 N–H and O–H groups in total. The van der Waals surface area contributed by atoms with Crippen LogP contribution in [0.5, 0.6) is 0 Å². The Morgan fingerprint density at radius 2 is 2.25 bits per heavy atom. The molecule has 0 fully saturated rings. The molecule has 0 aliphatic heterocycles. The van der Waals surface area contributed by atoms with E-state index in [1.165, 1.54) is 4.88 Å². The molecule has 86 valence electrons. The van der Waals surface area contributed by atoms with Crippen molar-refractivity contribution in [2.45, 2.75) is 33.8 Å². The molecule has 0 aliphatic carbocycles. The number of hydrogen-bond acceptors (Lipinski definition) is 3. The molecule has 0 saturated heterocycles. The molecule has 0 amide bonds. The van der Waals surface area contributed by atoms with Crippen molar-refractivity contribution in [1.29, 1.82) is 0 Å². The SMILES string of the molecule is CC(=Cc1c(C)nc2sc(C)cn12)C(C)O. The van der Waals surface area contributed by atoms with Crippen molar-refractivity contribution in [3.8, 4) is 0 Å². The Morgan fingerprint density at radius 3 is 2.88 bits per heavy atom. The van der Waals surface area contributed by atoms with E-state index >= 15 is 0 Å². The summed E-state index contributed by atoms with van der Waals surface area (Å²) in [6.45, 7) is 7.78. The first-order chi connectivity index (χ1) is 7.49. The van der Waals surface area contributed by atoms with Gasteiger partial charge in [-0.25, -0.2) is 4.98 Å². The van der Waals surface area contributed by atoms with Crippen LogP contribution in [-0.4, -0.2) is 20.6 Å². The maximum atomic E-state index is 9.49. The molecule has 1 atom stereocenters. The average Bonchev–Trinajstić information content (AvgIpc) is 2.65. The third-order valence-electron chi connectivity index (χ3n) is 2.69. The zero-order valence-electron chi connectivity index (χ0n) is 9.98. The van der Waals surface area contributed by atoms with E-state index < -0.39 is 6.10 Å². The van der Waals surface area contributed by atoms with Crippen LogP contribution in [0.25, 0.3) is 11.0 Å². The number of rotatable bonds is 2. The van der Waals surface area contributed by atoms with Gasteiger partial charge < -0.3 is 5.11 Å². The zero-order valence-corrected chi connectivity index (χ0v) is 10.8. The van der Waals surface area contributed by atoms with Crippen LogP contribution >= 0.6 is 11.3 Å². The number of imidazole rings is 1. The summed E-state index contributed by atoms with van der Waals surface area (Å²) in [6, 6.07) is 0. The topological polar surface area (TPSA) is 37.5 Å². The molecule has 0 saturated carbocycles. The van der Waals surface area contributed by atoms with E-state index in [4.69, 9.17) is 0 Å². The van der Waals surface area contributed by atoms with Crippen molar-refractivity contribution in [3.05, 3.63) is 28.0 Å². The van der Waals surface area contributed by atoms with Gasteiger partial charge in [0, 0.05) is 11.1 Å². The predicted molar refractivity (Wildman–Crippen MR) is 67.9 cm³/mol. The minimum absolute atomic E-state index is 0.412. The van der Waals surface area contributed by atoms with E-state index in [0.29, 0.717) is 0 Å². The van der Waals surface area contributed by atoms with Gasteiger partial charge in [-0.3, -0.25) is 4.40 Å². The Hall–Kier alpha value is -1.13. The van der Waals surface area contributed by atoms with E-state index in [2.05, 4.69) is 22.5 Å². The lowest BCUT2D eigenvalue weighted by Gasteiger charge is -2.03. The minimum atomic E-state index is -0.412. The lowest BCUT2D eigenvalue weighted by Crippen LogP contribution is -2.01. The summed E-state index contributed by atoms with van der Waals surface area (Å²) in [5, 5.41) is 9.49. The van der Waals surface area contributed by atoms with Crippen molar-refractivity contribution < 1.29 is 5.11 Å². The van der Waals surface area contributed by atoms with Crippen LogP contribution in [-0.2, 0) is 0 Å². The lowest BCUT2D eigenvalue weighted by atomic mass is 10.1. The normalized spacial score (nSPS) is 14.7. The van der Waals surface area contributed by atoms with Gasteiger partial charge in [0.05, 0.1) is 17.5 Å². The first-order valence-corrected chi connectivity index (χ1v) is 6.12. The summed E-state index contributed by atoms with van der Waals surface area (Å²) in [5.74, 6) is 0. The Kier molecular flexibility index (Phi) is 2.86. The number of fused-ring (bicyclic) bond motifs is 1. The van der Waals surface area contributed by atoms with E-state index in [9.17, 15) is 5.11 Å². The number of aromatic nitrogens is 2. The molecule has 2 aromatic heterocycles. The molecule has 0 bridgehead atoms. The van der Waals surface area contributed by atoms with E-state index in [0.717, 1.165) is 21.9 Å². The molecule has 1 unspecified atom stereocenters. The maximum Gasteiger partial charge on any atom is 0.194 e. The van der Waals surface area contributed by atoms with Crippen molar-refractivity contribution in [2.75, 3.05) is 0 Å². The first-order valence-electron chi connectivity index (χ1n) is 5.30. The van der Waals surface area contributed by atoms with Crippen LogP contribution in [0.2, 0.25) is 0 Å². The van der Waals surface area contributed by atoms with Crippen LogP contribution < -0.4 is 0 Å². The van der Waals surface area contributed by atoms with Crippen LogP contribution in [0, 0.1) is 13.8 Å². The predicted octanol–water partition coefficient (Wildman–Crippen LogP) is 2.80. The summed E-state index contributed by atoms with van der Waals surface area (Å²) in [4.78, 5) is 6.76. The van der Waals surface area contributed by atoms with Gasteiger partial charge in [-0.2, -0.15) is 0 Å². The van der Waals surface area contributed by atoms with Gasteiger partial charge in [0.25, 0.3) is 0 Å². The first kappa shape index (κ1) is 11.4. The highest BCUT2D eigenvalue weighted by Gasteiger charge is 2.10. The third kappa shape index (κ3) is 1.90. The van der Waals surface area contributed by atoms with Gasteiger partial charge >= 0.3 is 0 Å². The Morgan fingerprint density at radius 1 is 1.56 bits per heavy atom. The van der Waals surface area contributed by atoms with E-state index in [1.54, 1.807) is 18.3 Å². The standard InChI is InChI=1S/C12H16N2OS/c1-7(10(4)15)5-11-9(3)13-12-14(11)6-8(2)16-12/h5-6,10,15H,1-4H3. The van der Waals surface area contributed by atoms with Crippen molar-refractivity contribution in [2.24, 2.45) is 0 Å². The molecule has 0 aliphatic rings. The molecule has 0 spiro atoms. The Bertz CT molecular complexity index is 549. The molecule has 0 radical (unpaired) electrons. The monoisotopic (exact) mass is 236 g/mol. The molecule has 2 heterocycles. The van der Waals surface area contributed by atoms with Gasteiger partial charge in [-0.15, -0.1) is 11.3 Å². The lowest BCUT2D eigenvalue weighted by molar-refractivity contribution is 0.232. The molecule has 2 rings (SSSR count). The highest BCUT2D eigenvalue weighted by Crippen LogP contribution is 2.22. The second-order valence-electron chi connectivity index (χ2n) is 4.14. The number of thiazole rings is 1. The smallest absolute Gasteiger partial charge is 0.194 e. The van der Waals surface area contributed by atoms with Crippen LogP contribution in [0.15, 0.2) is 11.8 Å². The summed E-state index contributed by atoms with van der Waals surface area (Å²) in [5.41, 5.74) is 3.03. The number of aliphatic hydroxyl groups excluding tert-OH is 1. The average molecular weight is 236 g/mol. The summed E-state index contributed by atoms with van der Waals surface area (Å²) < 4.78 is 2.08. The second-order valence-corrected chi connectivity index (χ2v) is 5.35. The van der Waals surface area contributed by atoms with E-state index in [1.807, 2.05) is 19.9 Å². The fraction of sp³-hybridized carbons (Fsp3) is 0.417. The number of hydrogen-bond donors (Lipinski definition) is 1. The van der Waals surface area contributed by atoms with Crippen molar-refractivity contribution >= 4 is 22.4 Å². The zero-order chi connectivity index (χ0) is 11.9. The van der Waals surface area contributed by atoms with Crippen LogP contribution in [0.4, 0.5) is 0 Å². The second kappa shape index (κ2) is 4.03. The fourth-order valence-electron chi connectivity index (χ4n) is 1.59. The summed E-state index contributed by atoms with van der Waals surface area (Å²) in [7, 11) is 0. The minimum Gasteiger partial charge on any atom is -0.389 e. The van der Waals surface area contributed by atoms with Gasteiger partial charge in [-0.05, 0) is 39.3 Å². The highest BCUT2D eigenvalue weighted by atomic mass is 32.1. The Labute approximate surface area is 99.1 Å². The van der Waals surface area contributed by atoms with Crippen LogP contribution in [0.1, 0.15) is 30.1 Å². The summed E-state index contributed by atoms with van der Waals surface area (Å²) >= 11 is 1.68.